The molecule has 1 N–H and O–H groups in total. The molecular weight excluding hydrogens is 148 g/mol. The van der Waals surface area contributed by atoms with E-state index in [1.165, 1.54) is 0 Å². The number of aryl methyl sites for hydroxylation is 2. The molecule has 56 valence electrons. The van der Waals surface area contributed by atoms with Gasteiger partial charge in [-0.05, 0) is 25.0 Å². The summed E-state index contributed by atoms with van der Waals surface area (Å²) < 4.78 is 0. The third-order valence-corrected chi connectivity index (χ3v) is 1.44. The molecule has 2 heteroatoms. The Morgan fingerprint density at radius 2 is 1.50 bits per heavy atom. The van der Waals surface area contributed by atoms with Gasteiger partial charge in [0.2, 0.25) is 0 Å². The Labute approximate surface area is 67.1 Å². The predicted octanol–water partition coefficient (Wildman–Crippen LogP) is 2.43. The maximum atomic E-state index is 9.21. The average Bonchev–Trinajstić information content (AvgIpc) is 1.83. The number of rotatable bonds is 0. The standard InChI is InChI=1S/C8H10O.ClH/c1-6-4-3-5-7(2)8(6)9;/h3-5,9H,1-2H3;1H. The van der Waals surface area contributed by atoms with Crippen LogP contribution in [0.2, 0.25) is 0 Å². The topological polar surface area (TPSA) is 20.2 Å². The Hall–Kier alpha value is -0.690. The van der Waals surface area contributed by atoms with Crippen LogP contribution in [0.15, 0.2) is 18.2 Å². The molecule has 0 saturated heterocycles. The second-order valence-corrected chi connectivity index (χ2v) is 2.24. The van der Waals surface area contributed by atoms with Crippen molar-refractivity contribution in [2.75, 3.05) is 0 Å². The third kappa shape index (κ3) is 1.64. The van der Waals surface area contributed by atoms with Crippen LogP contribution in [0.4, 0.5) is 0 Å². The molecule has 0 saturated carbocycles. The first-order chi connectivity index (χ1) is 4.22. The summed E-state index contributed by atoms with van der Waals surface area (Å²) in [7, 11) is 0. The van der Waals surface area contributed by atoms with Crippen molar-refractivity contribution < 1.29 is 5.11 Å². The summed E-state index contributed by atoms with van der Waals surface area (Å²) in [5.41, 5.74) is 1.88. The zero-order valence-electron chi connectivity index (χ0n) is 6.09. The van der Waals surface area contributed by atoms with E-state index < -0.39 is 0 Å². The summed E-state index contributed by atoms with van der Waals surface area (Å²) in [6, 6.07) is 5.72. The van der Waals surface area contributed by atoms with Crippen molar-refractivity contribution in [3.8, 4) is 5.75 Å². The van der Waals surface area contributed by atoms with Crippen LogP contribution in [0.5, 0.6) is 5.75 Å². The van der Waals surface area contributed by atoms with Gasteiger partial charge in [0, 0.05) is 0 Å². The fourth-order valence-corrected chi connectivity index (χ4v) is 0.806. The molecular formula is C8H11ClO. The third-order valence-electron chi connectivity index (χ3n) is 1.44. The van der Waals surface area contributed by atoms with Crippen LogP contribution in [0.1, 0.15) is 11.1 Å². The van der Waals surface area contributed by atoms with Crippen molar-refractivity contribution in [2.45, 2.75) is 13.8 Å². The highest BCUT2D eigenvalue weighted by Gasteiger charge is 1.95. The van der Waals surface area contributed by atoms with Crippen molar-refractivity contribution in [1.29, 1.82) is 0 Å². The Kier molecular flexibility index (Phi) is 3.23. The molecule has 1 nitrogen and oxygen atoms in total. The zero-order valence-corrected chi connectivity index (χ0v) is 6.90. The summed E-state index contributed by atoms with van der Waals surface area (Å²) in [5.74, 6) is 0.414. The number of benzene rings is 1. The molecule has 10 heavy (non-hydrogen) atoms. The molecule has 0 unspecified atom stereocenters. The number of phenols is 1. The first-order valence-corrected chi connectivity index (χ1v) is 2.97. The number of aromatic hydroxyl groups is 1. The molecule has 0 spiro atoms. The van der Waals surface area contributed by atoms with Crippen LogP contribution in [0.25, 0.3) is 0 Å². The lowest BCUT2D eigenvalue weighted by Gasteiger charge is -1.99. The molecule has 0 heterocycles. The molecule has 0 atom stereocenters. The quantitative estimate of drug-likeness (QED) is 0.615. The van der Waals surface area contributed by atoms with E-state index >= 15 is 0 Å². The van der Waals surface area contributed by atoms with E-state index in [9.17, 15) is 5.11 Å². The lowest BCUT2D eigenvalue weighted by Crippen LogP contribution is -1.76. The van der Waals surface area contributed by atoms with Gasteiger partial charge in [0.05, 0.1) is 0 Å². The molecule has 0 aliphatic carbocycles. The van der Waals surface area contributed by atoms with E-state index in [4.69, 9.17) is 0 Å². The van der Waals surface area contributed by atoms with Crippen molar-refractivity contribution in [2.24, 2.45) is 0 Å². The SMILES string of the molecule is Cc1cccc(C)c1O.Cl. The molecule has 1 aromatic rings. The first kappa shape index (κ1) is 9.31. The first-order valence-electron chi connectivity index (χ1n) is 2.97. The molecule has 0 amide bonds. The van der Waals surface area contributed by atoms with Crippen molar-refractivity contribution >= 4 is 12.4 Å². The van der Waals surface area contributed by atoms with Crippen molar-refractivity contribution in [1.82, 2.24) is 0 Å². The van der Waals surface area contributed by atoms with Crippen molar-refractivity contribution in [3.63, 3.8) is 0 Å². The van der Waals surface area contributed by atoms with E-state index in [1.807, 2.05) is 32.0 Å². The van der Waals surface area contributed by atoms with Crippen LogP contribution in [0.3, 0.4) is 0 Å². The molecule has 0 aromatic heterocycles. The lowest BCUT2D eigenvalue weighted by molar-refractivity contribution is 0.467. The highest BCUT2D eigenvalue weighted by atomic mass is 35.5. The molecule has 0 aliphatic rings. The number of hydrogen-bond acceptors (Lipinski definition) is 1. The molecule has 1 rings (SSSR count). The van der Waals surface area contributed by atoms with Crippen LogP contribution >= 0.6 is 12.4 Å². The predicted molar refractivity (Wildman–Crippen MR) is 44.8 cm³/mol. The van der Waals surface area contributed by atoms with E-state index in [-0.39, 0.29) is 12.4 Å². The Bertz CT molecular complexity index is 200. The number of para-hydroxylation sites is 1. The maximum Gasteiger partial charge on any atom is 0.121 e. The second-order valence-electron chi connectivity index (χ2n) is 2.24. The molecule has 0 fully saturated rings. The van der Waals surface area contributed by atoms with E-state index in [1.54, 1.807) is 0 Å². The smallest absolute Gasteiger partial charge is 0.121 e. The van der Waals surface area contributed by atoms with Gasteiger partial charge < -0.3 is 5.11 Å². The van der Waals surface area contributed by atoms with Gasteiger partial charge in [-0.25, -0.2) is 0 Å². The minimum absolute atomic E-state index is 0. The summed E-state index contributed by atoms with van der Waals surface area (Å²) in [6.07, 6.45) is 0. The van der Waals surface area contributed by atoms with Gasteiger partial charge in [-0.15, -0.1) is 12.4 Å². The summed E-state index contributed by atoms with van der Waals surface area (Å²) >= 11 is 0. The van der Waals surface area contributed by atoms with E-state index in [2.05, 4.69) is 0 Å². The van der Waals surface area contributed by atoms with Crippen molar-refractivity contribution in [3.05, 3.63) is 29.3 Å². The van der Waals surface area contributed by atoms with E-state index in [0.717, 1.165) is 11.1 Å². The molecule has 1 aromatic carbocycles. The number of phenolic OH excluding ortho intramolecular Hbond substituents is 1. The summed E-state index contributed by atoms with van der Waals surface area (Å²) in [6.45, 7) is 3.78. The van der Waals surface area contributed by atoms with Gasteiger partial charge in [-0.3, -0.25) is 0 Å². The van der Waals surface area contributed by atoms with Crippen LogP contribution in [-0.2, 0) is 0 Å². The molecule has 0 bridgehead atoms. The summed E-state index contributed by atoms with van der Waals surface area (Å²) in [4.78, 5) is 0. The highest BCUT2D eigenvalue weighted by molar-refractivity contribution is 5.85. The fourth-order valence-electron chi connectivity index (χ4n) is 0.806. The van der Waals surface area contributed by atoms with Gasteiger partial charge >= 0.3 is 0 Å². The monoisotopic (exact) mass is 158 g/mol. The minimum atomic E-state index is 0. The largest absolute Gasteiger partial charge is 0.507 e. The van der Waals surface area contributed by atoms with Gasteiger partial charge in [-0.1, -0.05) is 18.2 Å². The van der Waals surface area contributed by atoms with Gasteiger partial charge in [0.1, 0.15) is 5.75 Å². The normalized spacial score (nSPS) is 8.60. The van der Waals surface area contributed by atoms with Crippen LogP contribution in [-0.4, -0.2) is 5.11 Å². The van der Waals surface area contributed by atoms with Gasteiger partial charge in [0.15, 0.2) is 0 Å². The van der Waals surface area contributed by atoms with Gasteiger partial charge in [0.25, 0.3) is 0 Å². The Balaban J connectivity index is 0.000000810. The lowest BCUT2D eigenvalue weighted by atomic mass is 10.1. The van der Waals surface area contributed by atoms with Crippen LogP contribution < -0.4 is 0 Å². The fraction of sp³-hybridized carbons (Fsp3) is 0.250. The maximum absolute atomic E-state index is 9.21. The Morgan fingerprint density at radius 3 is 1.80 bits per heavy atom. The number of halogens is 1. The van der Waals surface area contributed by atoms with Gasteiger partial charge in [-0.2, -0.15) is 0 Å². The molecule has 0 radical (unpaired) electrons. The van der Waals surface area contributed by atoms with E-state index in [0.29, 0.717) is 5.75 Å². The second kappa shape index (κ2) is 3.47. The summed E-state index contributed by atoms with van der Waals surface area (Å²) in [5, 5.41) is 9.21. The molecule has 0 aliphatic heterocycles. The van der Waals surface area contributed by atoms with Crippen LogP contribution in [0, 0.1) is 13.8 Å². The highest BCUT2D eigenvalue weighted by Crippen LogP contribution is 2.19. The Morgan fingerprint density at radius 1 is 1.10 bits per heavy atom. The minimum Gasteiger partial charge on any atom is -0.507 e. The average molecular weight is 159 g/mol. The zero-order chi connectivity index (χ0) is 6.85. The number of hydrogen-bond donors (Lipinski definition) is 1.